The van der Waals surface area contributed by atoms with Gasteiger partial charge in [-0.1, -0.05) is 0 Å². The van der Waals surface area contributed by atoms with Gasteiger partial charge >= 0.3 is 0 Å². The van der Waals surface area contributed by atoms with Crippen LogP contribution in [0, 0.1) is 19.1 Å². The molecular weight excluding hydrogens is 152 g/mol. The maximum atomic E-state index is 11.1. The fourth-order valence-electron chi connectivity index (χ4n) is 1.24. The molecule has 0 unspecified atom stereocenters. The van der Waals surface area contributed by atoms with E-state index < -0.39 is 0 Å². The Morgan fingerprint density at radius 1 is 1.25 bits per heavy atom. The van der Waals surface area contributed by atoms with Gasteiger partial charge in [-0.15, -0.1) is 0 Å². The summed E-state index contributed by atoms with van der Waals surface area (Å²) in [6.07, 6.45) is 1.30. The monoisotopic (exact) mass is 161 g/mol. The minimum atomic E-state index is 0.651. The molecule has 1 aromatic heterocycles. The molecule has 2 aromatic rings. The van der Waals surface area contributed by atoms with Crippen molar-refractivity contribution in [2.45, 2.75) is 13.8 Å². The van der Waals surface area contributed by atoms with E-state index in [0.29, 0.717) is 5.52 Å². The molecule has 0 radical (unpaired) electrons. The summed E-state index contributed by atoms with van der Waals surface area (Å²) in [5.74, 6) is 0. The Hall–Kier alpha value is -1.51. The Bertz CT molecular complexity index is 431. The van der Waals surface area contributed by atoms with Crippen LogP contribution in [0.1, 0.15) is 11.1 Å². The van der Waals surface area contributed by atoms with E-state index in [2.05, 4.69) is 4.98 Å². The predicted octanol–water partition coefficient (Wildman–Crippen LogP) is 2.00. The molecule has 12 heavy (non-hydrogen) atoms. The SMILES string of the molecule is Cc1cc2ncn([O-])c2cc1C. The number of aromatic nitrogens is 2. The Labute approximate surface area is 70.2 Å². The number of imidazole rings is 1. The Morgan fingerprint density at radius 3 is 2.67 bits per heavy atom. The normalized spacial score (nSPS) is 10.8. The van der Waals surface area contributed by atoms with Crippen LogP contribution in [0.5, 0.6) is 0 Å². The second-order valence-corrected chi connectivity index (χ2v) is 3.00. The maximum absolute atomic E-state index is 11.1. The van der Waals surface area contributed by atoms with E-state index in [1.807, 2.05) is 26.0 Å². The number of rotatable bonds is 0. The van der Waals surface area contributed by atoms with Crippen molar-refractivity contribution >= 4 is 11.0 Å². The lowest BCUT2D eigenvalue weighted by Crippen LogP contribution is -1.84. The third kappa shape index (κ3) is 0.863. The van der Waals surface area contributed by atoms with E-state index >= 15 is 0 Å². The lowest BCUT2D eigenvalue weighted by Gasteiger charge is -2.07. The molecule has 0 N–H and O–H groups in total. The van der Waals surface area contributed by atoms with Crippen LogP contribution in [0.25, 0.3) is 11.0 Å². The van der Waals surface area contributed by atoms with Gasteiger partial charge in [-0.3, -0.25) is 0 Å². The summed E-state index contributed by atoms with van der Waals surface area (Å²) in [4.78, 5) is 3.97. The molecule has 62 valence electrons. The van der Waals surface area contributed by atoms with Gasteiger partial charge in [-0.25, -0.2) is 4.98 Å². The van der Waals surface area contributed by atoms with Crippen molar-refractivity contribution < 1.29 is 0 Å². The number of nitrogens with zero attached hydrogens (tertiary/aromatic N) is 2. The molecule has 0 amide bonds. The van der Waals surface area contributed by atoms with E-state index in [-0.39, 0.29) is 0 Å². The van der Waals surface area contributed by atoms with Gasteiger partial charge in [0.05, 0.1) is 17.4 Å². The van der Waals surface area contributed by atoms with Crippen molar-refractivity contribution in [1.29, 1.82) is 0 Å². The molecule has 0 aliphatic rings. The van der Waals surface area contributed by atoms with Crippen LogP contribution in [0.3, 0.4) is 0 Å². The number of hydrogen-bond acceptors (Lipinski definition) is 2. The fraction of sp³-hybridized carbons (Fsp3) is 0.222. The molecule has 0 saturated heterocycles. The zero-order chi connectivity index (χ0) is 8.72. The summed E-state index contributed by atoms with van der Waals surface area (Å²) in [5, 5.41) is 11.1. The van der Waals surface area contributed by atoms with Gasteiger partial charge in [-0.05, 0) is 37.1 Å². The molecule has 0 saturated carbocycles. The number of benzene rings is 1. The third-order valence-electron chi connectivity index (χ3n) is 2.13. The summed E-state index contributed by atoms with van der Waals surface area (Å²) < 4.78 is 0.793. The summed E-state index contributed by atoms with van der Waals surface area (Å²) in [7, 11) is 0. The van der Waals surface area contributed by atoms with Gasteiger partial charge in [0.1, 0.15) is 0 Å². The topological polar surface area (TPSA) is 40.9 Å². The molecule has 0 bridgehead atoms. The first-order valence-corrected chi connectivity index (χ1v) is 3.80. The molecule has 0 atom stereocenters. The van der Waals surface area contributed by atoms with Gasteiger partial charge in [0.2, 0.25) is 0 Å². The molecule has 0 aliphatic heterocycles. The maximum Gasteiger partial charge on any atom is 0.0911 e. The number of aryl methyl sites for hydroxylation is 2. The van der Waals surface area contributed by atoms with Gasteiger partial charge in [0.25, 0.3) is 0 Å². The molecule has 2 rings (SSSR count). The summed E-state index contributed by atoms with van der Waals surface area (Å²) in [5.41, 5.74) is 3.72. The van der Waals surface area contributed by atoms with Crippen LogP contribution < -0.4 is 0 Å². The van der Waals surface area contributed by atoms with Crippen molar-refractivity contribution in [3.8, 4) is 0 Å². The molecule has 3 heteroatoms. The number of hydrogen-bond donors (Lipinski definition) is 0. The van der Waals surface area contributed by atoms with Crippen LogP contribution in [0.15, 0.2) is 18.5 Å². The average molecular weight is 161 g/mol. The average Bonchev–Trinajstić information content (AvgIpc) is 2.35. The highest BCUT2D eigenvalue weighted by atomic mass is 16.5. The van der Waals surface area contributed by atoms with Gasteiger partial charge in [-0.2, -0.15) is 0 Å². The highest BCUT2D eigenvalue weighted by molar-refractivity contribution is 5.77. The minimum absolute atomic E-state index is 0.651. The lowest BCUT2D eigenvalue weighted by molar-refractivity contribution is 1.11. The van der Waals surface area contributed by atoms with Crippen LogP contribution in [0.4, 0.5) is 0 Å². The van der Waals surface area contributed by atoms with E-state index in [9.17, 15) is 5.21 Å². The number of fused-ring (bicyclic) bond motifs is 1. The zero-order valence-corrected chi connectivity index (χ0v) is 7.03. The van der Waals surface area contributed by atoms with Crippen molar-refractivity contribution in [3.63, 3.8) is 0 Å². The molecular formula is C9H9N2O-. The first-order chi connectivity index (χ1) is 5.68. The van der Waals surface area contributed by atoms with Crippen LogP contribution in [-0.4, -0.2) is 9.71 Å². The van der Waals surface area contributed by atoms with Crippen LogP contribution in [0.2, 0.25) is 0 Å². The third-order valence-corrected chi connectivity index (χ3v) is 2.13. The molecule has 0 aliphatic carbocycles. The zero-order valence-electron chi connectivity index (χ0n) is 7.03. The Kier molecular flexibility index (Phi) is 1.33. The van der Waals surface area contributed by atoms with Gasteiger partial charge in [0, 0.05) is 0 Å². The van der Waals surface area contributed by atoms with Crippen molar-refractivity contribution in [2.75, 3.05) is 0 Å². The van der Waals surface area contributed by atoms with Crippen molar-refractivity contribution in [1.82, 2.24) is 9.71 Å². The smallest absolute Gasteiger partial charge is 0.0911 e. The quantitative estimate of drug-likeness (QED) is 0.593. The Morgan fingerprint density at radius 2 is 1.92 bits per heavy atom. The van der Waals surface area contributed by atoms with Crippen molar-refractivity contribution in [3.05, 3.63) is 34.8 Å². The summed E-state index contributed by atoms with van der Waals surface area (Å²) in [6.45, 7) is 4.00. The van der Waals surface area contributed by atoms with Crippen LogP contribution >= 0.6 is 0 Å². The van der Waals surface area contributed by atoms with E-state index in [1.54, 1.807) is 0 Å². The molecule has 1 heterocycles. The summed E-state index contributed by atoms with van der Waals surface area (Å²) in [6, 6.07) is 3.80. The summed E-state index contributed by atoms with van der Waals surface area (Å²) >= 11 is 0. The lowest BCUT2D eigenvalue weighted by atomic mass is 10.1. The second kappa shape index (κ2) is 2.24. The molecule has 3 nitrogen and oxygen atoms in total. The Balaban J connectivity index is 2.87. The standard InChI is InChI=1S/C9H9N2O/c1-6-3-8-9(4-7(6)2)11(12)5-10-8/h3-5H,1-2H3/q-1. The molecule has 1 aromatic carbocycles. The molecule has 0 spiro atoms. The van der Waals surface area contributed by atoms with Gasteiger partial charge < -0.3 is 9.94 Å². The molecule has 0 fully saturated rings. The van der Waals surface area contributed by atoms with E-state index in [0.717, 1.165) is 15.8 Å². The van der Waals surface area contributed by atoms with Crippen LogP contribution in [-0.2, 0) is 0 Å². The van der Waals surface area contributed by atoms with E-state index in [1.165, 1.54) is 11.9 Å². The fourth-order valence-corrected chi connectivity index (χ4v) is 1.24. The van der Waals surface area contributed by atoms with E-state index in [4.69, 9.17) is 0 Å². The highest BCUT2D eigenvalue weighted by Crippen LogP contribution is 2.17. The largest absolute Gasteiger partial charge is 0.805 e. The minimum Gasteiger partial charge on any atom is -0.805 e. The first kappa shape index (κ1) is 7.16. The van der Waals surface area contributed by atoms with Gasteiger partial charge in [0.15, 0.2) is 0 Å². The highest BCUT2D eigenvalue weighted by Gasteiger charge is 1.99. The predicted molar refractivity (Wildman–Crippen MR) is 48.0 cm³/mol. The van der Waals surface area contributed by atoms with Crippen molar-refractivity contribution in [2.24, 2.45) is 0 Å². The first-order valence-electron chi connectivity index (χ1n) is 3.80. The second-order valence-electron chi connectivity index (χ2n) is 3.00.